The van der Waals surface area contributed by atoms with Gasteiger partial charge in [-0.05, 0) is 42.3 Å². The van der Waals surface area contributed by atoms with Crippen LogP contribution in [0.3, 0.4) is 0 Å². The Hall–Kier alpha value is -3.08. The maximum Gasteiger partial charge on any atom is 0.344 e. The Morgan fingerprint density at radius 2 is 1.77 bits per heavy atom. The molecule has 0 amide bonds. The second-order valence-corrected chi connectivity index (χ2v) is 5.97. The molecule has 0 fully saturated rings. The van der Waals surface area contributed by atoms with Gasteiger partial charge in [0.1, 0.15) is 17.1 Å². The Balaban J connectivity index is 1.89. The van der Waals surface area contributed by atoms with Crippen molar-refractivity contribution in [1.29, 1.82) is 0 Å². The molecule has 0 aliphatic carbocycles. The second kappa shape index (κ2) is 7.87. The molecule has 0 atom stereocenters. The number of ether oxygens (including phenoxy) is 2. The molecule has 5 heteroatoms. The van der Waals surface area contributed by atoms with Crippen LogP contribution in [0.1, 0.15) is 26.7 Å². The first kappa shape index (κ1) is 17.7. The van der Waals surface area contributed by atoms with Gasteiger partial charge in [-0.1, -0.05) is 25.5 Å². The van der Waals surface area contributed by atoms with E-state index < -0.39 is 11.6 Å². The van der Waals surface area contributed by atoms with Gasteiger partial charge >= 0.3 is 11.6 Å². The van der Waals surface area contributed by atoms with Crippen LogP contribution >= 0.6 is 0 Å². The van der Waals surface area contributed by atoms with E-state index in [-0.39, 0.29) is 0 Å². The minimum absolute atomic E-state index is 0.342. The average molecular weight is 352 g/mol. The number of fused-ring (bicyclic) bond motifs is 1. The van der Waals surface area contributed by atoms with Crippen molar-refractivity contribution >= 4 is 16.9 Å². The van der Waals surface area contributed by atoms with Gasteiger partial charge in [-0.2, -0.15) is 0 Å². The Morgan fingerprint density at radius 3 is 2.46 bits per heavy atom. The smallest absolute Gasteiger partial charge is 0.344 e. The maximum atomic E-state index is 12.4. The Bertz CT molecular complexity index is 970. The SMILES string of the molecule is CCCCOc1ccc(-c2cc3ccc(OC(C)=O)cc3oc2=O)cc1. The molecule has 0 spiro atoms. The topological polar surface area (TPSA) is 65.7 Å². The average Bonchev–Trinajstić information content (AvgIpc) is 2.61. The lowest BCUT2D eigenvalue weighted by Gasteiger charge is -2.07. The predicted molar refractivity (Wildman–Crippen MR) is 99.6 cm³/mol. The van der Waals surface area contributed by atoms with Crippen LogP contribution in [0.4, 0.5) is 0 Å². The Labute approximate surface area is 151 Å². The number of hydrogen-bond acceptors (Lipinski definition) is 5. The van der Waals surface area contributed by atoms with Gasteiger partial charge < -0.3 is 13.9 Å². The molecule has 0 aliphatic heterocycles. The van der Waals surface area contributed by atoms with Crippen molar-refractivity contribution < 1.29 is 18.7 Å². The summed E-state index contributed by atoms with van der Waals surface area (Å²) in [6, 6.07) is 14.1. The van der Waals surface area contributed by atoms with E-state index in [0.717, 1.165) is 29.5 Å². The third-order valence-electron chi connectivity index (χ3n) is 3.90. The monoisotopic (exact) mass is 352 g/mol. The molecular weight excluding hydrogens is 332 g/mol. The molecule has 134 valence electrons. The molecule has 0 radical (unpaired) electrons. The van der Waals surface area contributed by atoms with Gasteiger partial charge in [-0.25, -0.2) is 4.79 Å². The van der Waals surface area contributed by atoms with E-state index in [9.17, 15) is 9.59 Å². The van der Waals surface area contributed by atoms with Gasteiger partial charge in [0, 0.05) is 18.4 Å². The fourth-order valence-electron chi connectivity index (χ4n) is 2.59. The molecule has 3 rings (SSSR count). The summed E-state index contributed by atoms with van der Waals surface area (Å²) in [4.78, 5) is 23.4. The summed E-state index contributed by atoms with van der Waals surface area (Å²) in [6.07, 6.45) is 2.08. The molecule has 0 bridgehead atoms. The van der Waals surface area contributed by atoms with Crippen LogP contribution < -0.4 is 15.1 Å². The molecule has 1 heterocycles. The highest BCUT2D eigenvalue weighted by Gasteiger charge is 2.10. The maximum absolute atomic E-state index is 12.4. The van der Waals surface area contributed by atoms with Gasteiger partial charge in [0.15, 0.2) is 0 Å². The number of unbranched alkanes of at least 4 members (excludes halogenated alkanes) is 1. The Kier molecular flexibility index (Phi) is 5.37. The summed E-state index contributed by atoms with van der Waals surface area (Å²) in [5.41, 5.74) is 1.15. The van der Waals surface area contributed by atoms with Crippen LogP contribution in [-0.2, 0) is 4.79 Å². The van der Waals surface area contributed by atoms with E-state index in [2.05, 4.69) is 6.92 Å². The van der Waals surface area contributed by atoms with Crippen LogP contribution in [0.5, 0.6) is 11.5 Å². The standard InChI is InChI=1S/C21H20O5/c1-3-4-11-24-17-8-5-15(6-9-17)19-12-16-7-10-18(25-14(2)22)13-20(16)26-21(19)23/h5-10,12-13H,3-4,11H2,1-2H3. The fraction of sp³-hybridized carbons (Fsp3) is 0.238. The first-order valence-electron chi connectivity index (χ1n) is 8.56. The van der Waals surface area contributed by atoms with Gasteiger partial charge in [0.05, 0.1) is 12.2 Å². The lowest BCUT2D eigenvalue weighted by molar-refractivity contribution is -0.131. The molecule has 0 aliphatic rings. The zero-order valence-corrected chi connectivity index (χ0v) is 14.8. The summed E-state index contributed by atoms with van der Waals surface area (Å²) in [5.74, 6) is 0.692. The molecule has 2 aromatic carbocycles. The van der Waals surface area contributed by atoms with Crippen molar-refractivity contribution in [2.45, 2.75) is 26.7 Å². The van der Waals surface area contributed by atoms with Crippen molar-refractivity contribution in [3.63, 3.8) is 0 Å². The summed E-state index contributed by atoms with van der Waals surface area (Å²) in [5, 5.41) is 0.749. The Morgan fingerprint density at radius 1 is 1.04 bits per heavy atom. The van der Waals surface area contributed by atoms with Crippen LogP contribution in [0.2, 0.25) is 0 Å². The van der Waals surface area contributed by atoms with Crippen molar-refractivity contribution in [2.75, 3.05) is 6.61 Å². The van der Waals surface area contributed by atoms with Crippen molar-refractivity contribution in [1.82, 2.24) is 0 Å². The van der Waals surface area contributed by atoms with E-state index in [4.69, 9.17) is 13.9 Å². The highest BCUT2D eigenvalue weighted by Crippen LogP contribution is 2.25. The molecule has 0 unspecified atom stereocenters. The van der Waals surface area contributed by atoms with Gasteiger partial charge in [0.2, 0.25) is 0 Å². The summed E-state index contributed by atoms with van der Waals surface area (Å²) < 4.78 is 16.1. The fourth-order valence-corrected chi connectivity index (χ4v) is 2.59. The normalized spacial score (nSPS) is 10.7. The van der Waals surface area contributed by atoms with Gasteiger partial charge in [0.25, 0.3) is 0 Å². The van der Waals surface area contributed by atoms with Gasteiger partial charge in [-0.3, -0.25) is 4.79 Å². The van der Waals surface area contributed by atoms with Crippen LogP contribution in [0.25, 0.3) is 22.1 Å². The van der Waals surface area contributed by atoms with Gasteiger partial charge in [-0.15, -0.1) is 0 Å². The first-order chi connectivity index (χ1) is 12.6. The van der Waals surface area contributed by atoms with E-state index in [1.807, 2.05) is 24.3 Å². The summed E-state index contributed by atoms with van der Waals surface area (Å²) >= 11 is 0. The molecular formula is C21H20O5. The van der Waals surface area contributed by atoms with Crippen LogP contribution in [0.15, 0.2) is 57.7 Å². The van der Waals surface area contributed by atoms with Crippen molar-refractivity contribution in [3.8, 4) is 22.6 Å². The minimum atomic E-state index is -0.447. The second-order valence-electron chi connectivity index (χ2n) is 5.97. The first-order valence-corrected chi connectivity index (χ1v) is 8.56. The molecule has 1 aromatic heterocycles. The lowest BCUT2D eigenvalue weighted by atomic mass is 10.1. The molecule has 26 heavy (non-hydrogen) atoms. The van der Waals surface area contributed by atoms with E-state index >= 15 is 0 Å². The zero-order chi connectivity index (χ0) is 18.5. The molecule has 0 N–H and O–H groups in total. The number of rotatable bonds is 6. The zero-order valence-electron chi connectivity index (χ0n) is 14.8. The predicted octanol–water partition coefficient (Wildman–Crippen LogP) is 4.56. The van der Waals surface area contributed by atoms with Crippen LogP contribution in [-0.4, -0.2) is 12.6 Å². The molecule has 0 saturated heterocycles. The number of hydrogen-bond donors (Lipinski definition) is 0. The van der Waals surface area contributed by atoms with Crippen molar-refractivity contribution in [2.24, 2.45) is 0 Å². The highest BCUT2D eigenvalue weighted by atomic mass is 16.5. The highest BCUT2D eigenvalue weighted by molar-refractivity contribution is 5.83. The lowest BCUT2D eigenvalue weighted by Crippen LogP contribution is -2.04. The number of carbonyl (C=O) groups excluding carboxylic acids is 1. The third kappa shape index (κ3) is 4.11. The van der Waals surface area contributed by atoms with Crippen LogP contribution in [0, 0.1) is 0 Å². The minimum Gasteiger partial charge on any atom is -0.494 e. The number of esters is 1. The van der Waals surface area contributed by atoms with E-state index in [0.29, 0.717) is 23.5 Å². The molecule has 5 nitrogen and oxygen atoms in total. The number of benzene rings is 2. The molecule has 3 aromatic rings. The number of carbonyl (C=O) groups is 1. The van der Waals surface area contributed by atoms with E-state index in [1.54, 1.807) is 18.2 Å². The quantitative estimate of drug-likeness (QED) is 0.281. The molecule has 0 saturated carbocycles. The van der Waals surface area contributed by atoms with E-state index in [1.165, 1.54) is 13.0 Å². The largest absolute Gasteiger partial charge is 0.494 e. The third-order valence-corrected chi connectivity index (χ3v) is 3.90. The van der Waals surface area contributed by atoms with Crippen molar-refractivity contribution in [3.05, 3.63) is 59.0 Å². The summed E-state index contributed by atoms with van der Waals surface area (Å²) in [7, 11) is 0. The summed E-state index contributed by atoms with van der Waals surface area (Å²) in [6.45, 7) is 4.11.